The summed E-state index contributed by atoms with van der Waals surface area (Å²) in [6.07, 6.45) is 0.854. The third kappa shape index (κ3) is 3.59. The van der Waals surface area contributed by atoms with Gasteiger partial charge < -0.3 is 9.84 Å². The standard InChI is InChI=1S/C15H15BrO2/c16-14-3-1-2-4-15(14)18-10-9-12-5-7-13(11-17)8-6-12/h1-8,17H,9-11H2. The Hall–Kier alpha value is -1.32. The maximum absolute atomic E-state index is 8.95. The van der Waals surface area contributed by atoms with Crippen LogP contribution in [0, 0.1) is 0 Å². The van der Waals surface area contributed by atoms with E-state index >= 15 is 0 Å². The van der Waals surface area contributed by atoms with E-state index in [0.29, 0.717) is 6.61 Å². The Kier molecular flexibility index (Phi) is 4.79. The molecule has 2 aromatic carbocycles. The number of aliphatic hydroxyl groups is 1. The first kappa shape index (κ1) is 13.1. The first-order valence-corrected chi connectivity index (χ1v) is 6.65. The number of benzene rings is 2. The molecule has 2 aromatic rings. The molecule has 0 aliphatic rings. The second-order valence-electron chi connectivity index (χ2n) is 4.00. The van der Waals surface area contributed by atoms with E-state index in [4.69, 9.17) is 9.84 Å². The van der Waals surface area contributed by atoms with E-state index in [-0.39, 0.29) is 6.61 Å². The van der Waals surface area contributed by atoms with Gasteiger partial charge in [-0.15, -0.1) is 0 Å². The summed E-state index contributed by atoms with van der Waals surface area (Å²) in [5, 5.41) is 8.95. The largest absolute Gasteiger partial charge is 0.492 e. The minimum absolute atomic E-state index is 0.0910. The van der Waals surface area contributed by atoms with Crippen LogP contribution in [0.1, 0.15) is 11.1 Å². The molecule has 1 N–H and O–H groups in total. The normalized spacial score (nSPS) is 10.3. The van der Waals surface area contributed by atoms with Gasteiger partial charge >= 0.3 is 0 Å². The van der Waals surface area contributed by atoms with Crippen molar-refractivity contribution in [2.24, 2.45) is 0 Å². The molecule has 0 radical (unpaired) electrons. The zero-order valence-corrected chi connectivity index (χ0v) is 11.6. The van der Waals surface area contributed by atoms with Gasteiger partial charge in [0.1, 0.15) is 5.75 Å². The molecular formula is C15H15BrO2. The first-order chi connectivity index (χ1) is 8.79. The van der Waals surface area contributed by atoms with Crippen LogP contribution in [0.4, 0.5) is 0 Å². The first-order valence-electron chi connectivity index (χ1n) is 5.85. The predicted octanol–water partition coefficient (Wildman–Crippen LogP) is 3.56. The van der Waals surface area contributed by atoms with Crippen LogP contribution in [-0.2, 0) is 13.0 Å². The Balaban J connectivity index is 1.86. The summed E-state index contributed by atoms with van der Waals surface area (Å²) in [6, 6.07) is 15.7. The van der Waals surface area contributed by atoms with Crippen molar-refractivity contribution in [2.75, 3.05) is 6.61 Å². The Bertz CT molecular complexity index is 494. The van der Waals surface area contributed by atoms with Crippen LogP contribution in [-0.4, -0.2) is 11.7 Å². The molecule has 0 amide bonds. The summed E-state index contributed by atoms with van der Waals surface area (Å²) in [5.41, 5.74) is 2.14. The van der Waals surface area contributed by atoms with Crippen LogP contribution in [0.5, 0.6) is 5.75 Å². The monoisotopic (exact) mass is 306 g/mol. The lowest BCUT2D eigenvalue weighted by atomic mass is 10.1. The van der Waals surface area contributed by atoms with E-state index in [1.807, 2.05) is 48.5 Å². The van der Waals surface area contributed by atoms with Crippen LogP contribution in [0.3, 0.4) is 0 Å². The van der Waals surface area contributed by atoms with E-state index in [1.54, 1.807) is 0 Å². The summed E-state index contributed by atoms with van der Waals surface area (Å²) >= 11 is 3.45. The molecule has 94 valence electrons. The van der Waals surface area contributed by atoms with E-state index in [0.717, 1.165) is 22.2 Å². The molecule has 0 atom stereocenters. The zero-order valence-electron chi connectivity index (χ0n) is 9.97. The molecule has 0 saturated heterocycles. The number of ether oxygens (including phenoxy) is 1. The second-order valence-corrected chi connectivity index (χ2v) is 4.86. The van der Waals surface area contributed by atoms with Gasteiger partial charge in [-0.05, 0) is 39.2 Å². The minimum Gasteiger partial charge on any atom is -0.492 e. The average molecular weight is 307 g/mol. The molecule has 2 nitrogen and oxygen atoms in total. The van der Waals surface area contributed by atoms with Crippen molar-refractivity contribution in [3.05, 3.63) is 64.1 Å². The van der Waals surface area contributed by atoms with Crippen molar-refractivity contribution in [1.82, 2.24) is 0 Å². The molecule has 3 heteroatoms. The fourth-order valence-electron chi connectivity index (χ4n) is 1.65. The molecule has 0 aliphatic carbocycles. The number of aliphatic hydroxyl groups excluding tert-OH is 1. The number of para-hydroxylation sites is 1. The third-order valence-electron chi connectivity index (χ3n) is 2.69. The molecular weight excluding hydrogens is 292 g/mol. The maximum atomic E-state index is 8.95. The fourth-order valence-corrected chi connectivity index (χ4v) is 2.05. The summed E-state index contributed by atoms with van der Waals surface area (Å²) < 4.78 is 6.67. The number of hydrogen-bond acceptors (Lipinski definition) is 2. The SMILES string of the molecule is OCc1ccc(CCOc2ccccc2Br)cc1. The lowest BCUT2D eigenvalue weighted by Crippen LogP contribution is -2.01. The summed E-state index contributed by atoms with van der Waals surface area (Å²) in [4.78, 5) is 0. The lowest BCUT2D eigenvalue weighted by molar-refractivity contribution is 0.282. The highest BCUT2D eigenvalue weighted by Gasteiger charge is 1.99. The summed E-state index contributed by atoms with van der Waals surface area (Å²) in [7, 11) is 0. The highest BCUT2D eigenvalue weighted by Crippen LogP contribution is 2.23. The number of hydrogen-bond donors (Lipinski definition) is 1. The number of rotatable bonds is 5. The highest BCUT2D eigenvalue weighted by atomic mass is 79.9. The molecule has 0 unspecified atom stereocenters. The zero-order chi connectivity index (χ0) is 12.8. The van der Waals surface area contributed by atoms with Gasteiger partial charge in [0.25, 0.3) is 0 Å². The van der Waals surface area contributed by atoms with Crippen molar-refractivity contribution in [3.63, 3.8) is 0 Å². The summed E-state index contributed by atoms with van der Waals surface area (Å²) in [6.45, 7) is 0.731. The molecule has 0 saturated carbocycles. The Morgan fingerprint density at radius 1 is 0.944 bits per heavy atom. The highest BCUT2D eigenvalue weighted by molar-refractivity contribution is 9.10. The predicted molar refractivity (Wildman–Crippen MR) is 75.7 cm³/mol. The van der Waals surface area contributed by atoms with Gasteiger partial charge in [-0.3, -0.25) is 0 Å². The molecule has 0 bridgehead atoms. The van der Waals surface area contributed by atoms with E-state index in [2.05, 4.69) is 15.9 Å². The molecule has 0 fully saturated rings. The van der Waals surface area contributed by atoms with Crippen molar-refractivity contribution in [2.45, 2.75) is 13.0 Å². The lowest BCUT2D eigenvalue weighted by Gasteiger charge is -2.08. The molecule has 0 spiro atoms. The van der Waals surface area contributed by atoms with Gasteiger partial charge in [0.05, 0.1) is 17.7 Å². The van der Waals surface area contributed by atoms with Crippen molar-refractivity contribution >= 4 is 15.9 Å². The van der Waals surface area contributed by atoms with Crippen LogP contribution in [0.15, 0.2) is 53.0 Å². The minimum atomic E-state index is 0.0910. The second kappa shape index (κ2) is 6.57. The van der Waals surface area contributed by atoms with E-state index in [9.17, 15) is 0 Å². The maximum Gasteiger partial charge on any atom is 0.133 e. The van der Waals surface area contributed by atoms with Gasteiger partial charge in [-0.1, -0.05) is 36.4 Å². The van der Waals surface area contributed by atoms with Crippen LogP contribution in [0.25, 0.3) is 0 Å². The average Bonchev–Trinajstić information content (AvgIpc) is 2.42. The third-order valence-corrected chi connectivity index (χ3v) is 3.35. The molecule has 0 aliphatic heterocycles. The summed E-state index contributed by atoms with van der Waals surface area (Å²) in [5.74, 6) is 0.865. The topological polar surface area (TPSA) is 29.5 Å². The van der Waals surface area contributed by atoms with Crippen LogP contribution >= 0.6 is 15.9 Å². The molecule has 0 heterocycles. The van der Waals surface area contributed by atoms with Crippen molar-refractivity contribution < 1.29 is 9.84 Å². The van der Waals surface area contributed by atoms with Gasteiger partial charge in [0.2, 0.25) is 0 Å². The van der Waals surface area contributed by atoms with E-state index < -0.39 is 0 Å². The smallest absolute Gasteiger partial charge is 0.133 e. The van der Waals surface area contributed by atoms with Gasteiger partial charge in [-0.2, -0.15) is 0 Å². The molecule has 18 heavy (non-hydrogen) atoms. The van der Waals surface area contributed by atoms with Gasteiger partial charge in [0, 0.05) is 6.42 Å². The van der Waals surface area contributed by atoms with Gasteiger partial charge in [-0.25, -0.2) is 0 Å². The Labute approximate surface area is 115 Å². The molecule has 0 aromatic heterocycles. The number of halogens is 1. The van der Waals surface area contributed by atoms with Gasteiger partial charge in [0.15, 0.2) is 0 Å². The van der Waals surface area contributed by atoms with Crippen molar-refractivity contribution in [1.29, 1.82) is 0 Å². The Morgan fingerprint density at radius 3 is 2.28 bits per heavy atom. The van der Waals surface area contributed by atoms with Crippen LogP contribution < -0.4 is 4.74 Å². The molecule has 2 rings (SSSR count). The van der Waals surface area contributed by atoms with Crippen LogP contribution in [0.2, 0.25) is 0 Å². The van der Waals surface area contributed by atoms with Crippen molar-refractivity contribution in [3.8, 4) is 5.75 Å². The quantitative estimate of drug-likeness (QED) is 0.915. The van der Waals surface area contributed by atoms with E-state index in [1.165, 1.54) is 5.56 Å². The fraction of sp³-hybridized carbons (Fsp3) is 0.200. The Morgan fingerprint density at radius 2 is 1.61 bits per heavy atom.